The standard InChI is InChI=1S/C12H9F3N2O/c1-6-2-3-7(13)10(4-6)18-12-9(15)5-8(14)11(16)17-12/h2-5H,1H3,(H2,16,17). The van der Waals surface area contributed by atoms with Crippen molar-refractivity contribution in [3.8, 4) is 11.6 Å². The number of nitrogens with zero attached hydrogens (tertiary/aromatic N) is 1. The molecule has 0 aliphatic heterocycles. The van der Waals surface area contributed by atoms with Gasteiger partial charge in [0.25, 0.3) is 5.88 Å². The number of benzene rings is 1. The highest BCUT2D eigenvalue weighted by molar-refractivity contribution is 5.38. The van der Waals surface area contributed by atoms with Gasteiger partial charge in [0.05, 0.1) is 0 Å². The first-order valence-corrected chi connectivity index (χ1v) is 5.03. The second-order valence-electron chi connectivity index (χ2n) is 3.68. The number of nitrogen functional groups attached to an aromatic ring is 1. The molecule has 0 spiro atoms. The Balaban J connectivity index is 2.40. The third-order valence-electron chi connectivity index (χ3n) is 2.22. The van der Waals surface area contributed by atoms with Crippen molar-refractivity contribution in [3.05, 3.63) is 47.3 Å². The quantitative estimate of drug-likeness (QED) is 0.895. The summed E-state index contributed by atoms with van der Waals surface area (Å²) in [4.78, 5) is 3.38. The molecule has 1 aromatic carbocycles. The Kier molecular flexibility index (Phi) is 3.10. The predicted molar refractivity (Wildman–Crippen MR) is 59.8 cm³/mol. The van der Waals surface area contributed by atoms with E-state index in [-0.39, 0.29) is 5.75 Å². The molecule has 3 nitrogen and oxygen atoms in total. The number of aromatic nitrogens is 1. The van der Waals surface area contributed by atoms with Crippen molar-refractivity contribution < 1.29 is 17.9 Å². The number of rotatable bonds is 2. The molecule has 0 bridgehead atoms. The van der Waals surface area contributed by atoms with Crippen LogP contribution in [0.3, 0.4) is 0 Å². The molecule has 0 saturated heterocycles. The molecule has 0 radical (unpaired) electrons. The molecule has 0 unspecified atom stereocenters. The number of anilines is 1. The van der Waals surface area contributed by atoms with Crippen LogP contribution in [0.2, 0.25) is 0 Å². The summed E-state index contributed by atoms with van der Waals surface area (Å²) in [5, 5.41) is 0. The Bertz CT molecular complexity index is 602. The minimum atomic E-state index is -1.05. The van der Waals surface area contributed by atoms with Crippen molar-refractivity contribution in [1.29, 1.82) is 0 Å². The second kappa shape index (κ2) is 4.56. The van der Waals surface area contributed by atoms with Gasteiger partial charge in [0.1, 0.15) is 0 Å². The first-order valence-electron chi connectivity index (χ1n) is 5.03. The lowest BCUT2D eigenvalue weighted by Crippen LogP contribution is -2.01. The van der Waals surface area contributed by atoms with E-state index < -0.39 is 29.1 Å². The van der Waals surface area contributed by atoms with Crippen molar-refractivity contribution in [1.82, 2.24) is 4.98 Å². The molecule has 2 aromatic rings. The highest BCUT2D eigenvalue weighted by Gasteiger charge is 2.14. The molecular weight excluding hydrogens is 245 g/mol. The van der Waals surface area contributed by atoms with Gasteiger partial charge in [-0.2, -0.15) is 4.98 Å². The normalized spacial score (nSPS) is 10.4. The van der Waals surface area contributed by atoms with Crippen LogP contribution in [0.25, 0.3) is 0 Å². The molecule has 1 heterocycles. The van der Waals surface area contributed by atoms with Crippen LogP contribution in [-0.4, -0.2) is 4.98 Å². The predicted octanol–water partition coefficient (Wildman–Crippen LogP) is 3.18. The topological polar surface area (TPSA) is 48.1 Å². The molecule has 0 saturated carbocycles. The molecule has 0 aliphatic rings. The van der Waals surface area contributed by atoms with Gasteiger partial charge in [0.15, 0.2) is 29.0 Å². The average molecular weight is 254 g/mol. The number of hydrogen-bond donors (Lipinski definition) is 1. The Morgan fingerprint density at radius 2 is 1.78 bits per heavy atom. The summed E-state index contributed by atoms with van der Waals surface area (Å²) in [6, 6.07) is 4.61. The maximum absolute atomic E-state index is 13.4. The smallest absolute Gasteiger partial charge is 0.258 e. The van der Waals surface area contributed by atoms with E-state index in [4.69, 9.17) is 10.5 Å². The molecule has 0 aliphatic carbocycles. The first-order chi connectivity index (χ1) is 8.47. The summed E-state index contributed by atoms with van der Waals surface area (Å²) in [6.07, 6.45) is 0. The molecule has 1 aromatic heterocycles. The van der Waals surface area contributed by atoms with E-state index in [0.29, 0.717) is 6.07 Å². The molecule has 18 heavy (non-hydrogen) atoms. The van der Waals surface area contributed by atoms with Gasteiger partial charge in [-0.05, 0) is 24.6 Å². The molecule has 0 amide bonds. The summed E-state index contributed by atoms with van der Waals surface area (Å²) in [6.45, 7) is 1.72. The van der Waals surface area contributed by atoms with Gasteiger partial charge >= 0.3 is 0 Å². The Hall–Kier alpha value is -2.24. The van der Waals surface area contributed by atoms with E-state index in [2.05, 4.69) is 4.98 Å². The van der Waals surface area contributed by atoms with Gasteiger partial charge in [-0.1, -0.05) is 6.07 Å². The monoisotopic (exact) mass is 254 g/mol. The van der Waals surface area contributed by atoms with Crippen molar-refractivity contribution in [2.24, 2.45) is 0 Å². The SMILES string of the molecule is Cc1ccc(F)c(Oc2nc(N)c(F)cc2F)c1. The zero-order valence-electron chi connectivity index (χ0n) is 9.38. The first kappa shape index (κ1) is 12.2. The van der Waals surface area contributed by atoms with E-state index in [9.17, 15) is 13.2 Å². The van der Waals surface area contributed by atoms with Gasteiger partial charge in [0, 0.05) is 6.07 Å². The molecular formula is C12H9F3N2O. The van der Waals surface area contributed by atoms with Gasteiger partial charge < -0.3 is 10.5 Å². The van der Waals surface area contributed by atoms with Crippen LogP contribution in [-0.2, 0) is 0 Å². The molecule has 94 valence electrons. The second-order valence-corrected chi connectivity index (χ2v) is 3.68. The van der Waals surface area contributed by atoms with E-state index in [0.717, 1.165) is 5.56 Å². The van der Waals surface area contributed by atoms with Crippen LogP contribution in [0.4, 0.5) is 19.0 Å². The number of aryl methyl sites for hydroxylation is 1. The fourth-order valence-electron chi connectivity index (χ4n) is 1.33. The van der Waals surface area contributed by atoms with Crippen molar-refractivity contribution >= 4 is 5.82 Å². The Morgan fingerprint density at radius 3 is 2.50 bits per heavy atom. The van der Waals surface area contributed by atoms with Crippen LogP contribution in [0.5, 0.6) is 11.6 Å². The molecule has 6 heteroatoms. The molecule has 2 rings (SSSR count). The van der Waals surface area contributed by atoms with Gasteiger partial charge in [-0.3, -0.25) is 0 Å². The maximum atomic E-state index is 13.4. The van der Waals surface area contributed by atoms with Crippen LogP contribution >= 0.6 is 0 Å². The van der Waals surface area contributed by atoms with Crippen molar-refractivity contribution in [2.75, 3.05) is 5.73 Å². The third-order valence-corrected chi connectivity index (χ3v) is 2.22. The third kappa shape index (κ3) is 2.37. The highest BCUT2D eigenvalue weighted by Crippen LogP contribution is 2.27. The number of hydrogen-bond acceptors (Lipinski definition) is 3. The maximum Gasteiger partial charge on any atom is 0.258 e. The molecule has 0 fully saturated rings. The van der Waals surface area contributed by atoms with Crippen LogP contribution in [0, 0.1) is 24.4 Å². The van der Waals surface area contributed by atoms with Crippen molar-refractivity contribution in [2.45, 2.75) is 6.92 Å². The Morgan fingerprint density at radius 1 is 1.06 bits per heavy atom. The number of ether oxygens (including phenoxy) is 1. The highest BCUT2D eigenvalue weighted by atomic mass is 19.1. The summed E-state index contributed by atoms with van der Waals surface area (Å²) in [5.74, 6) is -4.01. The fraction of sp³-hybridized carbons (Fsp3) is 0.0833. The van der Waals surface area contributed by atoms with Crippen LogP contribution in [0.1, 0.15) is 5.56 Å². The van der Waals surface area contributed by atoms with Gasteiger partial charge in [0.2, 0.25) is 0 Å². The summed E-state index contributed by atoms with van der Waals surface area (Å²) >= 11 is 0. The van der Waals surface area contributed by atoms with E-state index >= 15 is 0 Å². The number of nitrogens with two attached hydrogens (primary N) is 1. The zero-order chi connectivity index (χ0) is 13.3. The van der Waals surface area contributed by atoms with Gasteiger partial charge in [-0.15, -0.1) is 0 Å². The fourth-order valence-corrected chi connectivity index (χ4v) is 1.33. The lowest BCUT2D eigenvalue weighted by molar-refractivity contribution is 0.395. The van der Waals surface area contributed by atoms with Gasteiger partial charge in [-0.25, -0.2) is 13.2 Å². The largest absolute Gasteiger partial charge is 0.433 e. The Labute approximate surface area is 101 Å². The molecule has 2 N–H and O–H groups in total. The minimum Gasteiger partial charge on any atom is -0.433 e. The van der Waals surface area contributed by atoms with E-state index in [1.54, 1.807) is 6.92 Å². The number of halogens is 3. The lowest BCUT2D eigenvalue weighted by Gasteiger charge is -2.08. The van der Waals surface area contributed by atoms with Crippen LogP contribution < -0.4 is 10.5 Å². The lowest BCUT2D eigenvalue weighted by atomic mass is 10.2. The summed E-state index contributed by atoms with van der Waals surface area (Å²) in [5.41, 5.74) is 5.91. The average Bonchev–Trinajstić information content (AvgIpc) is 2.30. The minimum absolute atomic E-state index is 0.201. The van der Waals surface area contributed by atoms with E-state index in [1.807, 2.05) is 0 Å². The summed E-state index contributed by atoms with van der Waals surface area (Å²) in [7, 11) is 0. The zero-order valence-corrected chi connectivity index (χ0v) is 9.38. The van der Waals surface area contributed by atoms with Crippen molar-refractivity contribution in [3.63, 3.8) is 0 Å². The van der Waals surface area contributed by atoms with Crippen LogP contribution in [0.15, 0.2) is 24.3 Å². The molecule has 0 atom stereocenters. The summed E-state index contributed by atoms with van der Waals surface area (Å²) < 4.78 is 44.6. The van der Waals surface area contributed by atoms with E-state index in [1.165, 1.54) is 18.2 Å². The number of pyridine rings is 1.